The Labute approximate surface area is 216 Å². The summed E-state index contributed by atoms with van der Waals surface area (Å²) in [6.07, 6.45) is -3.98. The molecule has 0 spiro atoms. The summed E-state index contributed by atoms with van der Waals surface area (Å²) in [6, 6.07) is 0. The van der Waals surface area contributed by atoms with E-state index < -0.39 is 40.2 Å². The highest BCUT2D eigenvalue weighted by atomic mass is 35.5. The fourth-order valence-corrected chi connectivity index (χ4v) is 4.73. The molecule has 4 rings (SSSR count). The molecule has 0 radical (unpaired) electrons. The highest BCUT2D eigenvalue weighted by molar-refractivity contribution is 6.29. The number of fused-ring (bicyclic) bond motifs is 1. The molecule has 0 atom stereocenters. The van der Waals surface area contributed by atoms with E-state index in [1.54, 1.807) is 41.5 Å². The maximum Gasteiger partial charge on any atom is 0.434 e. The van der Waals surface area contributed by atoms with Crippen LogP contribution < -0.4 is 4.90 Å². The summed E-state index contributed by atoms with van der Waals surface area (Å²) in [7, 11) is 0. The van der Waals surface area contributed by atoms with Crippen LogP contribution in [0.15, 0.2) is 6.20 Å². The number of anilines is 1. The molecule has 3 aromatic rings. The summed E-state index contributed by atoms with van der Waals surface area (Å²) in [6.45, 7) is 12.5. The molecule has 0 saturated carbocycles. The second kappa shape index (κ2) is 9.35. The first-order valence-electron chi connectivity index (χ1n) is 11.6. The lowest BCUT2D eigenvalue weighted by Crippen LogP contribution is -2.56. The van der Waals surface area contributed by atoms with Crippen LogP contribution in [0, 0.1) is 0 Å². The first-order chi connectivity index (χ1) is 17.1. The van der Waals surface area contributed by atoms with Gasteiger partial charge in [-0.3, -0.25) is 4.79 Å². The van der Waals surface area contributed by atoms with Crippen molar-refractivity contribution in [1.29, 1.82) is 0 Å². The minimum Gasteiger partial charge on any atom is -0.378 e. The predicted octanol–water partition coefficient (Wildman–Crippen LogP) is 4.36. The number of carbonyl (C=O) groups excluding carboxylic acids is 1. The number of morpholine rings is 1. The minimum absolute atomic E-state index is 0.0219. The van der Waals surface area contributed by atoms with Gasteiger partial charge in [-0.1, -0.05) is 0 Å². The van der Waals surface area contributed by atoms with Crippen molar-refractivity contribution in [2.24, 2.45) is 0 Å². The lowest BCUT2D eigenvalue weighted by atomic mass is 9.95. The molecule has 200 valence electrons. The van der Waals surface area contributed by atoms with Crippen molar-refractivity contribution >= 4 is 34.5 Å². The number of ether oxygens (including phenoxy) is 1. The van der Waals surface area contributed by atoms with Gasteiger partial charge in [0.25, 0.3) is 5.91 Å². The molecule has 37 heavy (non-hydrogen) atoms. The minimum atomic E-state index is -4.91. The SMILES string of the molecule is CC(C)(C)N(C(=O)c1ncc(-c2nc(N3CCOCC3)c3[nH]c(Cl)nc3n2)c(C(F)(F)F)n1)C(C)(C)C. The van der Waals surface area contributed by atoms with E-state index in [2.05, 4.69) is 29.9 Å². The van der Waals surface area contributed by atoms with E-state index in [9.17, 15) is 18.0 Å². The number of amides is 1. The lowest BCUT2D eigenvalue weighted by molar-refractivity contribution is -0.140. The topological polar surface area (TPSA) is 113 Å². The van der Waals surface area contributed by atoms with Crippen LogP contribution in [-0.2, 0) is 10.9 Å². The molecule has 10 nitrogen and oxygen atoms in total. The average Bonchev–Trinajstić information content (AvgIpc) is 3.16. The van der Waals surface area contributed by atoms with Crippen molar-refractivity contribution in [2.45, 2.75) is 58.8 Å². The third-order valence-corrected chi connectivity index (χ3v) is 5.83. The van der Waals surface area contributed by atoms with Crippen LogP contribution in [0.2, 0.25) is 5.28 Å². The van der Waals surface area contributed by atoms with Crippen molar-refractivity contribution in [3.05, 3.63) is 23.0 Å². The number of H-pyrrole nitrogens is 1. The number of carbonyl (C=O) groups is 1. The molecule has 1 amide bonds. The second-order valence-electron chi connectivity index (χ2n) is 10.6. The van der Waals surface area contributed by atoms with Crippen molar-refractivity contribution < 1.29 is 22.7 Å². The van der Waals surface area contributed by atoms with E-state index >= 15 is 0 Å². The van der Waals surface area contributed by atoms with Crippen molar-refractivity contribution in [3.63, 3.8) is 0 Å². The number of hydrogen-bond acceptors (Lipinski definition) is 8. The van der Waals surface area contributed by atoms with E-state index in [1.165, 1.54) is 4.90 Å². The summed E-state index contributed by atoms with van der Waals surface area (Å²) in [5.74, 6) is -1.24. The Bertz CT molecular complexity index is 1310. The van der Waals surface area contributed by atoms with Gasteiger partial charge in [-0.25, -0.2) is 19.9 Å². The second-order valence-corrected chi connectivity index (χ2v) is 11.0. The molecule has 0 aliphatic carbocycles. The Kier molecular flexibility index (Phi) is 6.82. The molecular weight excluding hydrogens is 513 g/mol. The van der Waals surface area contributed by atoms with Gasteiger partial charge in [0.05, 0.1) is 18.8 Å². The van der Waals surface area contributed by atoms with Gasteiger partial charge in [0.2, 0.25) is 11.1 Å². The van der Waals surface area contributed by atoms with Crippen LogP contribution in [0.25, 0.3) is 22.6 Å². The summed E-state index contributed by atoms with van der Waals surface area (Å²) in [5, 5.41) is 0.0219. The van der Waals surface area contributed by atoms with Gasteiger partial charge < -0.3 is 19.5 Å². The first-order valence-corrected chi connectivity index (χ1v) is 12.0. The molecule has 1 fully saturated rings. The molecule has 1 N–H and O–H groups in total. The normalized spacial score (nSPS) is 15.4. The van der Waals surface area contributed by atoms with Gasteiger partial charge in [-0.15, -0.1) is 0 Å². The highest BCUT2D eigenvalue weighted by Crippen LogP contribution is 2.37. The Morgan fingerprint density at radius 2 is 1.65 bits per heavy atom. The molecular formula is C23H28ClF3N8O2. The number of nitrogens with one attached hydrogen (secondary N) is 1. The molecule has 14 heteroatoms. The van der Waals surface area contributed by atoms with Gasteiger partial charge in [0.1, 0.15) is 5.52 Å². The molecule has 0 aromatic carbocycles. The maximum atomic E-state index is 14.3. The zero-order chi connectivity index (χ0) is 27.3. The quantitative estimate of drug-likeness (QED) is 0.488. The standard InChI is InChI=1S/C23H28ClF3N8O2/c1-21(2,3)35(22(4,5)6)19(36)17-28-11-12(14(30-17)23(25,26)27)15-31-16-13(29-20(24)33-16)18(32-15)34-7-9-37-10-8-34/h11H,7-10H2,1-6H3,(H,29,31,32,33). The van der Waals surface area contributed by atoms with Crippen molar-refractivity contribution in [2.75, 3.05) is 31.2 Å². The lowest BCUT2D eigenvalue weighted by Gasteiger charge is -2.45. The Balaban J connectivity index is 1.88. The molecule has 4 heterocycles. The predicted molar refractivity (Wildman–Crippen MR) is 131 cm³/mol. The fourth-order valence-electron chi connectivity index (χ4n) is 4.56. The van der Waals surface area contributed by atoms with Crippen LogP contribution >= 0.6 is 11.6 Å². The number of alkyl halides is 3. The van der Waals surface area contributed by atoms with Gasteiger partial charge in [-0.05, 0) is 53.1 Å². The summed E-state index contributed by atoms with van der Waals surface area (Å²) < 4.78 is 48.2. The van der Waals surface area contributed by atoms with Gasteiger partial charge >= 0.3 is 6.18 Å². The van der Waals surface area contributed by atoms with E-state index in [1.807, 2.05) is 4.90 Å². The number of rotatable bonds is 3. The third kappa shape index (κ3) is 5.47. The molecule has 3 aromatic heterocycles. The number of halogens is 4. The van der Waals surface area contributed by atoms with Crippen LogP contribution in [0.4, 0.5) is 19.0 Å². The molecule has 1 aliphatic heterocycles. The number of aromatic nitrogens is 6. The number of aromatic amines is 1. The average molecular weight is 541 g/mol. The van der Waals surface area contributed by atoms with E-state index in [-0.39, 0.29) is 16.8 Å². The van der Waals surface area contributed by atoms with Gasteiger partial charge in [-0.2, -0.15) is 18.2 Å². The fraction of sp³-hybridized carbons (Fsp3) is 0.565. The maximum absolute atomic E-state index is 14.3. The highest BCUT2D eigenvalue weighted by Gasteiger charge is 2.41. The van der Waals surface area contributed by atoms with Crippen LogP contribution in [0.1, 0.15) is 57.9 Å². The number of hydrogen-bond donors (Lipinski definition) is 1. The van der Waals surface area contributed by atoms with Crippen molar-refractivity contribution in [1.82, 2.24) is 34.8 Å². The van der Waals surface area contributed by atoms with E-state index in [0.717, 1.165) is 6.20 Å². The number of imidazole rings is 1. The molecule has 0 unspecified atom stereocenters. The summed E-state index contributed by atoms with van der Waals surface area (Å²) in [4.78, 5) is 40.0. The molecule has 0 bridgehead atoms. The van der Waals surface area contributed by atoms with Crippen LogP contribution in [0.5, 0.6) is 0 Å². The largest absolute Gasteiger partial charge is 0.434 e. The van der Waals surface area contributed by atoms with Gasteiger partial charge in [0, 0.05) is 30.4 Å². The third-order valence-electron chi connectivity index (χ3n) is 5.65. The Hall–Kier alpha value is -3.06. The number of nitrogens with zero attached hydrogens (tertiary/aromatic N) is 7. The van der Waals surface area contributed by atoms with E-state index in [0.29, 0.717) is 37.6 Å². The monoisotopic (exact) mass is 540 g/mol. The summed E-state index contributed by atoms with van der Waals surface area (Å²) >= 11 is 6.03. The zero-order valence-electron chi connectivity index (χ0n) is 21.4. The van der Waals surface area contributed by atoms with Crippen molar-refractivity contribution in [3.8, 4) is 11.4 Å². The van der Waals surface area contributed by atoms with Crippen LogP contribution in [-0.4, -0.2) is 78.1 Å². The Morgan fingerprint density at radius 1 is 1.03 bits per heavy atom. The first kappa shape index (κ1) is 27.0. The Morgan fingerprint density at radius 3 is 2.22 bits per heavy atom. The smallest absolute Gasteiger partial charge is 0.378 e. The van der Waals surface area contributed by atoms with E-state index in [4.69, 9.17) is 16.3 Å². The van der Waals surface area contributed by atoms with Gasteiger partial charge in [0.15, 0.2) is 23.0 Å². The zero-order valence-corrected chi connectivity index (χ0v) is 22.1. The molecule has 1 aliphatic rings. The summed E-state index contributed by atoms with van der Waals surface area (Å²) in [5.41, 5.74) is -2.70. The molecule has 1 saturated heterocycles. The van der Waals surface area contributed by atoms with Crippen LogP contribution in [0.3, 0.4) is 0 Å².